The zero-order valence-electron chi connectivity index (χ0n) is 16.2. The first-order valence-electron chi connectivity index (χ1n) is 9.57. The SMILES string of the molecule is C[Si](C)(C)CCOCn1ccc2ncc(C3=CC=CC4CC4C=C3F)nc21. The molecule has 2 unspecified atom stereocenters. The van der Waals surface area contributed by atoms with Gasteiger partial charge in [-0.1, -0.05) is 37.9 Å². The smallest absolute Gasteiger partial charge is 0.161 e. The maximum atomic E-state index is 14.7. The molecule has 142 valence electrons. The van der Waals surface area contributed by atoms with Gasteiger partial charge in [-0.2, -0.15) is 0 Å². The Bertz CT molecular complexity index is 939. The molecule has 2 aliphatic carbocycles. The van der Waals surface area contributed by atoms with Crippen molar-refractivity contribution < 1.29 is 9.13 Å². The van der Waals surface area contributed by atoms with Crippen LogP contribution in [0.5, 0.6) is 0 Å². The highest BCUT2D eigenvalue weighted by Crippen LogP contribution is 2.44. The van der Waals surface area contributed by atoms with Gasteiger partial charge in [-0.25, -0.2) is 9.37 Å². The topological polar surface area (TPSA) is 39.9 Å². The highest BCUT2D eigenvalue weighted by atomic mass is 28.3. The molecule has 4 rings (SSSR count). The lowest BCUT2D eigenvalue weighted by molar-refractivity contribution is 0.0899. The fraction of sp³-hybridized carbons (Fsp3) is 0.429. The van der Waals surface area contributed by atoms with E-state index in [1.807, 2.05) is 22.9 Å². The molecule has 2 aromatic heterocycles. The third kappa shape index (κ3) is 4.27. The minimum atomic E-state index is -1.11. The Morgan fingerprint density at radius 3 is 2.96 bits per heavy atom. The molecule has 4 nitrogen and oxygen atoms in total. The Balaban J connectivity index is 1.56. The van der Waals surface area contributed by atoms with Crippen molar-refractivity contribution in [2.24, 2.45) is 11.8 Å². The summed E-state index contributed by atoms with van der Waals surface area (Å²) >= 11 is 0. The zero-order valence-corrected chi connectivity index (χ0v) is 17.2. The molecule has 0 amide bonds. The van der Waals surface area contributed by atoms with E-state index in [9.17, 15) is 4.39 Å². The van der Waals surface area contributed by atoms with Crippen LogP contribution in [0.1, 0.15) is 12.1 Å². The van der Waals surface area contributed by atoms with Crippen LogP contribution >= 0.6 is 0 Å². The van der Waals surface area contributed by atoms with E-state index in [-0.39, 0.29) is 5.83 Å². The van der Waals surface area contributed by atoms with E-state index in [1.165, 1.54) is 0 Å². The van der Waals surface area contributed by atoms with Crippen molar-refractivity contribution in [3.63, 3.8) is 0 Å². The molecule has 0 saturated heterocycles. The third-order valence-corrected chi connectivity index (χ3v) is 6.80. The molecule has 27 heavy (non-hydrogen) atoms. The molecule has 0 aromatic carbocycles. The largest absolute Gasteiger partial charge is 0.361 e. The number of aromatic nitrogens is 3. The molecular weight excluding hydrogens is 357 g/mol. The first-order valence-corrected chi connectivity index (χ1v) is 13.3. The summed E-state index contributed by atoms with van der Waals surface area (Å²) in [5, 5.41) is 0. The van der Waals surface area contributed by atoms with Crippen molar-refractivity contribution in [1.29, 1.82) is 0 Å². The zero-order chi connectivity index (χ0) is 19.0. The minimum Gasteiger partial charge on any atom is -0.361 e. The summed E-state index contributed by atoms with van der Waals surface area (Å²) in [5.74, 6) is 0.614. The summed E-state index contributed by atoms with van der Waals surface area (Å²) in [4.78, 5) is 9.17. The Labute approximate surface area is 160 Å². The molecule has 0 bridgehead atoms. The molecule has 2 heterocycles. The van der Waals surface area contributed by atoms with Gasteiger partial charge in [0.15, 0.2) is 5.65 Å². The predicted octanol–water partition coefficient (Wildman–Crippen LogP) is 5.19. The Hall–Kier alpha value is -2.05. The molecule has 0 aliphatic heterocycles. The average molecular weight is 384 g/mol. The second-order valence-electron chi connectivity index (χ2n) is 8.64. The molecule has 1 fully saturated rings. The van der Waals surface area contributed by atoms with Crippen molar-refractivity contribution in [3.8, 4) is 0 Å². The van der Waals surface area contributed by atoms with Crippen LogP contribution in [0.25, 0.3) is 16.7 Å². The number of allylic oxidation sites excluding steroid dienone is 6. The maximum absolute atomic E-state index is 14.7. The molecule has 2 aliphatic rings. The van der Waals surface area contributed by atoms with Gasteiger partial charge in [0.05, 0.1) is 11.9 Å². The van der Waals surface area contributed by atoms with Crippen LogP contribution in [-0.4, -0.2) is 29.2 Å². The van der Waals surface area contributed by atoms with E-state index in [4.69, 9.17) is 9.72 Å². The standard InChI is InChI=1S/C21H26FN3OSi/c1-27(2,3)10-9-26-14-25-8-7-19-21(25)24-20(13-23-19)17-6-4-5-15-11-16(15)12-18(17)22/h4-8,12-13,15-16H,9-11,14H2,1-3H3. The van der Waals surface area contributed by atoms with E-state index in [0.29, 0.717) is 29.8 Å². The fourth-order valence-corrected chi connectivity index (χ4v) is 3.99. The maximum Gasteiger partial charge on any atom is 0.161 e. The van der Waals surface area contributed by atoms with Gasteiger partial charge in [0.25, 0.3) is 0 Å². The lowest BCUT2D eigenvalue weighted by Gasteiger charge is -2.15. The van der Waals surface area contributed by atoms with Crippen molar-refractivity contribution >= 4 is 24.8 Å². The lowest BCUT2D eigenvalue weighted by atomic mass is 10.1. The number of nitrogens with zero attached hydrogens (tertiary/aromatic N) is 3. The van der Waals surface area contributed by atoms with Gasteiger partial charge in [0, 0.05) is 26.5 Å². The monoisotopic (exact) mass is 383 g/mol. The van der Waals surface area contributed by atoms with Crippen LogP contribution in [0.15, 0.2) is 48.6 Å². The number of rotatable bonds is 6. The van der Waals surface area contributed by atoms with Gasteiger partial charge >= 0.3 is 0 Å². The second kappa shape index (κ2) is 7.17. The Kier molecular flexibility index (Phi) is 4.86. The Morgan fingerprint density at radius 1 is 1.30 bits per heavy atom. The molecule has 2 atom stereocenters. The molecule has 6 heteroatoms. The predicted molar refractivity (Wildman–Crippen MR) is 110 cm³/mol. The van der Waals surface area contributed by atoms with E-state index in [2.05, 4.69) is 30.7 Å². The second-order valence-corrected chi connectivity index (χ2v) is 14.3. The van der Waals surface area contributed by atoms with Gasteiger partial charge in [0.1, 0.15) is 18.1 Å². The average Bonchev–Trinajstić information content (AvgIpc) is 3.18. The van der Waals surface area contributed by atoms with Crippen LogP contribution in [0, 0.1) is 11.8 Å². The van der Waals surface area contributed by atoms with Gasteiger partial charge in [-0.05, 0) is 36.4 Å². The van der Waals surface area contributed by atoms with Crippen molar-refractivity contribution in [2.45, 2.75) is 38.8 Å². The van der Waals surface area contributed by atoms with Crippen molar-refractivity contribution in [1.82, 2.24) is 14.5 Å². The fourth-order valence-electron chi connectivity index (χ4n) is 3.23. The van der Waals surface area contributed by atoms with E-state index in [0.717, 1.165) is 30.2 Å². The van der Waals surface area contributed by atoms with Gasteiger partial charge in [-0.3, -0.25) is 4.98 Å². The van der Waals surface area contributed by atoms with Gasteiger partial charge in [0.2, 0.25) is 0 Å². The van der Waals surface area contributed by atoms with E-state index in [1.54, 1.807) is 18.3 Å². The quantitative estimate of drug-likeness (QED) is 0.509. The number of halogens is 1. The molecule has 0 spiro atoms. The molecule has 0 radical (unpaired) electrons. The van der Waals surface area contributed by atoms with Crippen LogP contribution in [0.3, 0.4) is 0 Å². The van der Waals surface area contributed by atoms with Crippen molar-refractivity contribution in [3.05, 3.63) is 54.3 Å². The molecule has 0 N–H and O–H groups in total. The number of fused-ring (bicyclic) bond motifs is 2. The van der Waals surface area contributed by atoms with Crippen LogP contribution in [0.4, 0.5) is 4.39 Å². The van der Waals surface area contributed by atoms with Crippen LogP contribution in [0.2, 0.25) is 25.7 Å². The summed E-state index contributed by atoms with van der Waals surface area (Å²) in [6.45, 7) is 8.19. The minimum absolute atomic E-state index is 0.204. The Morgan fingerprint density at radius 2 is 2.15 bits per heavy atom. The molecular formula is C21H26FN3OSi. The van der Waals surface area contributed by atoms with Gasteiger partial charge in [-0.15, -0.1) is 0 Å². The van der Waals surface area contributed by atoms with E-state index >= 15 is 0 Å². The molecule has 2 aromatic rings. The molecule has 1 saturated carbocycles. The first-order chi connectivity index (χ1) is 12.9. The number of ether oxygens (including phenoxy) is 1. The van der Waals surface area contributed by atoms with Crippen molar-refractivity contribution in [2.75, 3.05) is 6.61 Å². The summed E-state index contributed by atoms with van der Waals surface area (Å²) in [7, 11) is -1.11. The summed E-state index contributed by atoms with van der Waals surface area (Å²) in [5.41, 5.74) is 2.58. The highest BCUT2D eigenvalue weighted by molar-refractivity contribution is 6.76. The lowest BCUT2D eigenvalue weighted by Crippen LogP contribution is -2.22. The van der Waals surface area contributed by atoms with Gasteiger partial charge < -0.3 is 9.30 Å². The first kappa shape index (κ1) is 18.3. The summed E-state index contributed by atoms with van der Waals surface area (Å²) in [6, 6.07) is 3.04. The number of hydrogen-bond donors (Lipinski definition) is 0. The highest BCUT2D eigenvalue weighted by Gasteiger charge is 2.34. The van der Waals surface area contributed by atoms with E-state index < -0.39 is 8.07 Å². The summed E-state index contributed by atoms with van der Waals surface area (Å²) in [6.07, 6.45) is 12.2. The van der Waals surface area contributed by atoms with Crippen LogP contribution in [-0.2, 0) is 11.5 Å². The normalized spacial score (nSPS) is 22.1. The summed E-state index contributed by atoms with van der Waals surface area (Å²) < 4.78 is 22.5. The number of hydrogen-bond acceptors (Lipinski definition) is 3. The third-order valence-electron chi connectivity index (χ3n) is 5.10. The van der Waals surface area contributed by atoms with Crippen LogP contribution < -0.4 is 0 Å².